The van der Waals surface area contributed by atoms with E-state index in [1.165, 1.54) is 6.07 Å². The van der Waals surface area contributed by atoms with E-state index in [0.717, 1.165) is 16.3 Å². The Morgan fingerprint density at radius 1 is 0.939 bits per heavy atom. The van der Waals surface area contributed by atoms with Gasteiger partial charge in [-0.15, -0.1) is 0 Å². The highest BCUT2D eigenvalue weighted by atomic mass is 35.5. The summed E-state index contributed by atoms with van der Waals surface area (Å²) in [6.07, 6.45) is 1.55. The quantitative estimate of drug-likeness (QED) is 0.237. The van der Waals surface area contributed by atoms with Gasteiger partial charge in [0.15, 0.2) is 0 Å². The van der Waals surface area contributed by atoms with Gasteiger partial charge in [-0.3, -0.25) is 4.79 Å². The van der Waals surface area contributed by atoms with Crippen molar-refractivity contribution in [2.75, 3.05) is 5.32 Å². The van der Waals surface area contributed by atoms with Gasteiger partial charge in [0.25, 0.3) is 5.91 Å². The number of rotatable bonds is 6. The highest BCUT2D eigenvalue weighted by Gasteiger charge is 2.14. The fourth-order valence-electron chi connectivity index (χ4n) is 3.35. The molecule has 4 nitrogen and oxygen atoms in total. The predicted molar refractivity (Wildman–Crippen MR) is 133 cm³/mol. The maximum Gasteiger partial charge on any atom is 0.266 e. The molecule has 0 aliphatic carbocycles. The zero-order valence-electron chi connectivity index (χ0n) is 17.4. The number of fused-ring (bicyclic) bond motifs is 1. The molecule has 33 heavy (non-hydrogen) atoms. The van der Waals surface area contributed by atoms with Crippen LogP contribution in [0.25, 0.3) is 16.8 Å². The van der Waals surface area contributed by atoms with Crippen molar-refractivity contribution >= 4 is 51.6 Å². The van der Waals surface area contributed by atoms with Gasteiger partial charge >= 0.3 is 0 Å². The Hall–Kier alpha value is -3.78. The molecule has 0 unspecified atom stereocenters. The molecule has 4 aromatic carbocycles. The van der Waals surface area contributed by atoms with Gasteiger partial charge in [0, 0.05) is 11.3 Å². The van der Waals surface area contributed by atoms with Crippen LogP contribution in [0.2, 0.25) is 10.0 Å². The first-order chi connectivity index (χ1) is 16.0. The van der Waals surface area contributed by atoms with Crippen molar-refractivity contribution < 1.29 is 9.53 Å². The number of hydrogen-bond acceptors (Lipinski definition) is 3. The second kappa shape index (κ2) is 10.2. The number of nitrogens with zero attached hydrogens (tertiary/aromatic N) is 1. The van der Waals surface area contributed by atoms with Crippen LogP contribution in [0.5, 0.6) is 5.75 Å². The Balaban J connectivity index is 1.70. The molecule has 1 N–H and O–H groups in total. The molecule has 0 aliphatic heterocycles. The number of carbonyl (C=O) groups excluding carboxylic acids is 1. The summed E-state index contributed by atoms with van der Waals surface area (Å²) in [4.78, 5) is 12.9. The Morgan fingerprint density at radius 2 is 1.70 bits per heavy atom. The molecule has 0 bridgehead atoms. The minimum atomic E-state index is -0.558. The molecule has 0 saturated heterocycles. The largest absolute Gasteiger partial charge is 0.488 e. The van der Waals surface area contributed by atoms with Crippen LogP contribution >= 0.6 is 23.2 Å². The van der Waals surface area contributed by atoms with Gasteiger partial charge in [-0.25, -0.2) is 0 Å². The summed E-state index contributed by atoms with van der Waals surface area (Å²) in [5.41, 5.74) is 2.04. The number of halogens is 2. The standard InChI is InChI=1S/C27H18Cl2N2O2/c28-24-12-11-21(15-25(24)29)31-27(32)20(16-30)14-23-22-9-5-4-8-19(22)10-13-26(23)33-17-18-6-2-1-3-7-18/h1-15H,17H2,(H,31,32)/b20-14+. The van der Waals surface area contributed by atoms with Gasteiger partial charge < -0.3 is 10.1 Å². The molecule has 0 aromatic heterocycles. The normalized spacial score (nSPS) is 11.1. The third-order valence-electron chi connectivity index (χ3n) is 5.00. The molecule has 162 valence electrons. The summed E-state index contributed by atoms with van der Waals surface area (Å²) < 4.78 is 6.09. The van der Waals surface area contributed by atoms with Gasteiger partial charge in [-0.2, -0.15) is 5.26 Å². The van der Waals surface area contributed by atoms with Crippen LogP contribution in [0, 0.1) is 11.3 Å². The van der Waals surface area contributed by atoms with Gasteiger partial charge in [0.2, 0.25) is 0 Å². The molecule has 0 spiro atoms. The fourth-order valence-corrected chi connectivity index (χ4v) is 3.65. The summed E-state index contributed by atoms with van der Waals surface area (Å²) in [5.74, 6) is 0.0190. The number of nitriles is 1. The van der Waals surface area contributed by atoms with Crippen molar-refractivity contribution in [1.29, 1.82) is 5.26 Å². The lowest BCUT2D eigenvalue weighted by Crippen LogP contribution is -2.13. The van der Waals surface area contributed by atoms with Crippen molar-refractivity contribution in [2.45, 2.75) is 6.61 Å². The molecule has 6 heteroatoms. The van der Waals surface area contributed by atoms with Crippen LogP contribution in [-0.4, -0.2) is 5.91 Å². The van der Waals surface area contributed by atoms with Crippen LogP contribution in [0.3, 0.4) is 0 Å². The van der Waals surface area contributed by atoms with Crippen LogP contribution in [0.4, 0.5) is 5.69 Å². The summed E-state index contributed by atoms with van der Waals surface area (Å²) in [6, 6.07) is 28.1. The van der Waals surface area contributed by atoms with Crippen molar-refractivity contribution in [1.82, 2.24) is 0 Å². The minimum Gasteiger partial charge on any atom is -0.488 e. The Kier molecular flexibility index (Phi) is 6.95. The third-order valence-corrected chi connectivity index (χ3v) is 5.74. The van der Waals surface area contributed by atoms with Gasteiger partial charge in [0.1, 0.15) is 24.0 Å². The molecule has 4 aromatic rings. The number of benzene rings is 4. The molecule has 0 saturated carbocycles. The Labute approximate surface area is 201 Å². The highest BCUT2D eigenvalue weighted by Crippen LogP contribution is 2.31. The van der Waals surface area contributed by atoms with E-state index < -0.39 is 5.91 Å². The van der Waals surface area contributed by atoms with Crippen molar-refractivity contribution in [3.05, 3.63) is 112 Å². The van der Waals surface area contributed by atoms with Gasteiger partial charge in [-0.05, 0) is 46.7 Å². The van der Waals surface area contributed by atoms with Crippen molar-refractivity contribution in [3.63, 3.8) is 0 Å². The smallest absolute Gasteiger partial charge is 0.266 e. The maximum atomic E-state index is 12.9. The van der Waals surface area contributed by atoms with Crippen molar-refractivity contribution in [2.24, 2.45) is 0 Å². The fraction of sp³-hybridized carbons (Fsp3) is 0.0370. The van der Waals surface area contributed by atoms with E-state index in [4.69, 9.17) is 27.9 Å². The number of anilines is 1. The first-order valence-electron chi connectivity index (χ1n) is 10.1. The Bertz CT molecular complexity index is 1390. The van der Waals surface area contributed by atoms with Crippen LogP contribution < -0.4 is 10.1 Å². The van der Waals surface area contributed by atoms with E-state index in [2.05, 4.69) is 5.32 Å². The molecule has 0 aliphatic rings. The number of nitrogens with one attached hydrogen (secondary N) is 1. The number of carbonyl (C=O) groups is 1. The summed E-state index contributed by atoms with van der Waals surface area (Å²) in [6.45, 7) is 0.359. The average molecular weight is 473 g/mol. The highest BCUT2D eigenvalue weighted by molar-refractivity contribution is 6.42. The minimum absolute atomic E-state index is 0.0676. The molecule has 0 heterocycles. The number of amides is 1. The average Bonchev–Trinajstić information content (AvgIpc) is 2.84. The monoisotopic (exact) mass is 472 g/mol. The van der Waals surface area contributed by atoms with Crippen molar-refractivity contribution in [3.8, 4) is 11.8 Å². The molecular formula is C27H18Cl2N2O2. The van der Waals surface area contributed by atoms with E-state index >= 15 is 0 Å². The topological polar surface area (TPSA) is 62.1 Å². The summed E-state index contributed by atoms with van der Waals surface area (Å²) in [7, 11) is 0. The lowest BCUT2D eigenvalue weighted by atomic mass is 10.0. The first kappa shape index (κ1) is 22.4. The van der Waals surface area contributed by atoms with Crippen LogP contribution in [0.15, 0.2) is 90.5 Å². The second-order valence-corrected chi connectivity index (χ2v) is 8.04. The molecule has 0 fully saturated rings. The predicted octanol–water partition coefficient (Wildman–Crippen LogP) is 7.27. The van der Waals surface area contributed by atoms with E-state index in [9.17, 15) is 10.1 Å². The lowest BCUT2D eigenvalue weighted by molar-refractivity contribution is -0.112. The zero-order chi connectivity index (χ0) is 23.2. The lowest BCUT2D eigenvalue weighted by Gasteiger charge is -2.13. The van der Waals surface area contributed by atoms with E-state index in [1.54, 1.807) is 18.2 Å². The third kappa shape index (κ3) is 5.35. The maximum absolute atomic E-state index is 12.9. The molecule has 0 radical (unpaired) electrons. The van der Waals surface area contributed by atoms with Gasteiger partial charge in [-0.1, -0.05) is 83.9 Å². The van der Waals surface area contributed by atoms with Gasteiger partial charge in [0.05, 0.1) is 10.0 Å². The molecule has 1 amide bonds. The second-order valence-electron chi connectivity index (χ2n) is 7.23. The zero-order valence-corrected chi connectivity index (χ0v) is 18.9. The van der Waals surface area contributed by atoms with E-state index in [1.807, 2.05) is 72.8 Å². The number of ether oxygens (including phenoxy) is 1. The molecule has 0 atom stereocenters. The molecular weight excluding hydrogens is 455 g/mol. The SMILES string of the molecule is N#C/C(=C\c1c(OCc2ccccc2)ccc2ccccc12)C(=O)Nc1ccc(Cl)c(Cl)c1. The Morgan fingerprint density at radius 3 is 2.45 bits per heavy atom. The summed E-state index contributed by atoms with van der Waals surface area (Å²) >= 11 is 12.0. The van der Waals surface area contributed by atoms with E-state index in [-0.39, 0.29) is 5.57 Å². The van der Waals surface area contributed by atoms with Crippen LogP contribution in [-0.2, 0) is 11.4 Å². The van der Waals surface area contributed by atoms with E-state index in [0.29, 0.717) is 33.7 Å². The van der Waals surface area contributed by atoms with Crippen LogP contribution in [0.1, 0.15) is 11.1 Å². The molecule has 4 rings (SSSR count). The number of hydrogen-bond donors (Lipinski definition) is 1. The summed E-state index contributed by atoms with van der Waals surface area (Å²) in [5, 5.41) is 15.0. The first-order valence-corrected chi connectivity index (χ1v) is 10.9.